The summed E-state index contributed by atoms with van der Waals surface area (Å²) in [5, 5.41) is 8.73. The number of rotatable bonds is 7. The second-order valence-corrected chi connectivity index (χ2v) is 13.5. The first-order valence-electron chi connectivity index (χ1n) is 14.1. The largest absolute Gasteiger partial charge is 0.457 e. The molecule has 2 aliphatic rings. The van der Waals surface area contributed by atoms with Crippen LogP contribution < -0.4 is 10.6 Å². The van der Waals surface area contributed by atoms with Crippen LogP contribution in [-0.2, 0) is 25.4 Å². The number of carbonyl (C=O) groups is 2. The van der Waals surface area contributed by atoms with Gasteiger partial charge in [-0.3, -0.25) is 9.59 Å². The molecular weight excluding hydrogens is 477 g/mol. The SMILES string of the molecule is CC(=O)N[C@]1(C(=O)NC(C)(C)C)C[C@H](CCB2OC(C)(C)C(C)(C)O2)CC[C@H]1Cn1cc2ccccc2c1. The number of nitrogens with zero attached hydrogens (tertiary/aromatic N) is 1. The minimum atomic E-state index is -0.992. The molecule has 7 nitrogen and oxygen atoms in total. The Kier molecular flexibility index (Phi) is 7.81. The molecule has 2 fully saturated rings. The molecule has 0 spiro atoms. The summed E-state index contributed by atoms with van der Waals surface area (Å²) in [5.41, 5.74) is -2.12. The van der Waals surface area contributed by atoms with Crippen LogP contribution in [0.5, 0.6) is 0 Å². The number of carbonyl (C=O) groups excluding carboxylic acids is 2. The number of hydrogen-bond acceptors (Lipinski definition) is 4. The molecule has 1 aromatic heterocycles. The Morgan fingerprint density at radius 2 is 1.61 bits per heavy atom. The van der Waals surface area contributed by atoms with Crippen molar-refractivity contribution in [2.24, 2.45) is 11.8 Å². The Hall–Kier alpha value is -2.32. The van der Waals surface area contributed by atoms with Crippen LogP contribution in [0.1, 0.15) is 81.1 Å². The van der Waals surface area contributed by atoms with Gasteiger partial charge in [-0.15, -0.1) is 0 Å². The number of amides is 2. The van der Waals surface area contributed by atoms with Crippen LogP contribution in [0.4, 0.5) is 0 Å². The summed E-state index contributed by atoms with van der Waals surface area (Å²) in [6, 6.07) is 8.28. The van der Waals surface area contributed by atoms with E-state index in [1.54, 1.807) is 0 Å². The van der Waals surface area contributed by atoms with Crippen LogP contribution in [0.3, 0.4) is 0 Å². The summed E-state index contributed by atoms with van der Waals surface area (Å²) >= 11 is 0. The lowest BCUT2D eigenvalue weighted by atomic mass is 9.64. The van der Waals surface area contributed by atoms with Crippen molar-refractivity contribution in [3.8, 4) is 0 Å². The Balaban J connectivity index is 1.58. The van der Waals surface area contributed by atoms with Crippen molar-refractivity contribution >= 4 is 29.7 Å². The molecule has 1 aliphatic carbocycles. The van der Waals surface area contributed by atoms with Crippen molar-refractivity contribution in [3.05, 3.63) is 36.7 Å². The molecule has 1 saturated heterocycles. The van der Waals surface area contributed by atoms with Crippen LogP contribution in [0.15, 0.2) is 36.7 Å². The lowest BCUT2D eigenvalue weighted by Crippen LogP contribution is -2.67. The Labute approximate surface area is 228 Å². The Bertz CT molecular complexity index is 1120. The second-order valence-electron chi connectivity index (χ2n) is 13.5. The van der Waals surface area contributed by atoms with Gasteiger partial charge in [0.1, 0.15) is 5.54 Å². The van der Waals surface area contributed by atoms with Crippen molar-refractivity contribution in [3.63, 3.8) is 0 Å². The summed E-state index contributed by atoms with van der Waals surface area (Å²) in [6.07, 6.45) is 8.36. The molecule has 2 aromatic rings. The van der Waals surface area contributed by atoms with Crippen molar-refractivity contribution in [1.29, 1.82) is 0 Å². The molecule has 208 valence electrons. The van der Waals surface area contributed by atoms with E-state index in [-0.39, 0.29) is 42.0 Å². The molecule has 2 N–H and O–H groups in total. The molecule has 1 aromatic carbocycles. The molecule has 0 bridgehead atoms. The third-order valence-corrected chi connectivity index (χ3v) is 8.67. The standard InChI is InChI=1S/C30H46BN3O4/c1-21(35)32-30(26(36)33-27(2,3)4)17-22(15-16-31-37-28(5,6)29(7,8)38-31)13-14-25(30)20-34-18-23-11-9-10-12-24(23)19-34/h9-12,18-19,22,25H,13-17,20H2,1-8H3,(H,32,35)(H,33,36)/t22-,25-,30+/m0/s1. The zero-order chi connectivity index (χ0) is 27.9. The number of aromatic nitrogens is 1. The van der Waals surface area contributed by atoms with Crippen LogP contribution in [0.2, 0.25) is 6.32 Å². The van der Waals surface area contributed by atoms with Gasteiger partial charge in [-0.25, -0.2) is 0 Å². The molecule has 2 amide bonds. The van der Waals surface area contributed by atoms with E-state index in [1.807, 2.05) is 32.9 Å². The number of benzene rings is 1. The van der Waals surface area contributed by atoms with Crippen molar-refractivity contribution in [2.75, 3.05) is 0 Å². The smallest absolute Gasteiger partial charge is 0.403 e. The van der Waals surface area contributed by atoms with E-state index in [4.69, 9.17) is 9.31 Å². The van der Waals surface area contributed by atoms with E-state index in [9.17, 15) is 9.59 Å². The van der Waals surface area contributed by atoms with Gasteiger partial charge < -0.3 is 24.5 Å². The quantitative estimate of drug-likeness (QED) is 0.481. The van der Waals surface area contributed by atoms with Gasteiger partial charge in [-0.1, -0.05) is 30.7 Å². The van der Waals surface area contributed by atoms with E-state index >= 15 is 0 Å². The first kappa shape index (κ1) is 28.7. The maximum absolute atomic E-state index is 14.0. The number of nitrogens with one attached hydrogen (secondary N) is 2. The summed E-state index contributed by atoms with van der Waals surface area (Å²) < 4.78 is 14.7. The van der Waals surface area contributed by atoms with Gasteiger partial charge in [0.15, 0.2) is 0 Å². The van der Waals surface area contributed by atoms with Gasteiger partial charge in [0.25, 0.3) is 0 Å². The maximum atomic E-state index is 14.0. The predicted molar refractivity (Wildman–Crippen MR) is 153 cm³/mol. The van der Waals surface area contributed by atoms with Gasteiger partial charge in [0, 0.05) is 37.3 Å². The molecule has 4 rings (SSSR count). The summed E-state index contributed by atoms with van der Waals surface area (Å²) in [4.78, 5) is 26.6. The second kappa shape index (κ2) is 10.3. The highest BCUT2D eigenvalue weighted by molar-refractivity contribution is 6.45. The van der Waals surface area contributed by atoms with E-state index in [2.05, 4.69) is 67.4 Å². The van der Waals surface area contributed by atoms with Gasteiger partial charge in [0.2, 0.25) is 11.8 Å². The third-order valence-electron chi connectivity index (χ3n) is 8.67. The van der Waals surface area contributed by atoms with Crippen LogP contribution in [-0.4, -0.2) is 45.8 Å². The monoisotopic (exact) mass is 523 g/mol. The normalized spacial score (nSPS) is 26.9. The Morgan fingerprint density at radius 1 is 1.03 bits per heavy atom. The topological polar surface area (TPSA) is 81.6 Å². The molecule has 1 saturated carbocycles. The lowest BCUT2D eigenvalue weighted by Gasteiger charge is -2.47. The highest BCUT2D eigenvalue weighted by Gasteiger charge is 2.53. The molecule has 0 radical (unpaired) electrons. The van der Waals surface area contributed by atoms with E-state index in [0.717, 1.165) is 25.6 Å². The highest BCUT2D eigenvalue weighted by atomic mass is 16.7. The maximum Gasteiger partial charge on any atom is 0.457 e. The van der Waals surface area contributed by atoms with Gasteiger partial charge in [-0.05, 0) is 90.7 Å². The molecule has 38 heavy (non-hydrogen) atoms. The van der Waals surface area contributed by atoms with Gasteiger partial charge in [-0.2, -0.15) is 0 Å². The fourth-order valence-corrected chi connectivity index (χ4v) is 6.11. The minimum Gasteiger partial charge on any atom is -0.403 e. The highest BCUT2D eigenvalue weighted by Crippen LogP contribution is 2.43. The fourth-order valence-electron chi connectivity index (χ4n) is 6.11. The molecule has 2 heterocycles. The number of fused-ring (bicyclic) bond motifs is 1. The average molecular weight is 524 g/mol. The molecule has 8 heteroatoms. The fraction of sp³-hybridized carbons (Fsp3) is 0.667. The molecule has 0 unspecified atom stereocenters. The third kappa shape index (κ3) is 6.12. The molecule has 3 atom stereocenters. The van der Waals surface area contributed by atoms with E-state index < -0.39 is 11.1 Å². The van der Waals surface area contributed by atoms with Crippen LogP contribution in [0.25, 0.3) is 10.8 Å². The lowest BCUT2D eigenvalue weighted by molar-refractivity contribution is -0.139. The average Bonchev–Trinajstić information content (AvgIpc) is 3.28. The zero-order valence-electron chi connectivity index (χ0n) is 24.5. The minimum absolute atomic E-state index is 0.0383. The summed E-state index contributed by atoms with van der Waals surface area (Å²) in [5.74, 6) is -0.0409. The van der Waals surface area contributed by atoms with E-state index in [0.29, 0.717) is 13.0 Å². The summed E-state index contributed by atoms with van der Waals surface area (Å²) in [7, 11) is -0.261. The van der Waals surface area contributed by atoms with Crippen molar-refractivity contribution in [1.82, 2.24) is 15.2 Å². The first-order valence-corrected chi connectivity index (χ1v) is 14.1. The first-order chi connectivity index (χ1) is 17.6. The van der Waals surface area contributed by atoms with Crippen LogP contribution in [0, 0.1) is 11.8 Å². The Morgan fingerprint density at radius 3 is 2.13 bits per heavy atom. The van der Waals surface area contributed by atoms with Gasteiger partial charge in [0.05, 0.1) is 11.2 Å². The predicted octanol–water partition coefficient (Wildman–Crippen LogP) is 5.33. The van der Waals surface area contributed by atoms with E-state index in [1.165, 1.54) is 17.7 Å². The summed E-state index contributed by atoms with van der Waals surface area (Å²) in [6.45, 7) is 16.4. The zero-order valence-corrected chi connectivity index (χ0v) is 24.5. The number of hydrogen-bond donors (Lipinski definition) is 2. The van der Waals surface area contributed by atoms with Gasteiger partial charge >= 0.3 is 7.12 Å². The van der Waals surface area contributed by atoms with Crippen molar-refractivity contribution in [2.45, 2.75) is 116 Å². The molecular formula is C30H46BN3O4. The van der Waals surface area contributed by atoms with Crippen molar-refractivity contribution < 1.29 is 18.9 Å². The van der Waals surface area contributed by atoms with Crippen LogP contribution >= 0.6 is 0 Å². The molecule has 1 aliphatic heterocycles.